The molecule has 1 aliphatic rings. The van der Waals surface area contributed by atoms with E-state index in [9.17, 15) is 18.3 Å². The Balaban J connectivity index is 1.52. The number of rotatable bonds is 8. The second-order valence-corrected chi connectivity index (χ2v) is 10.1. The molecule has 0 saturated carbocycles. The van der Waals surface area contributed by atoms with Crippen LogP contribution in [0, 0.1) is 0 Å². The van der Waals surface area contributed by atoms with Gasteiger partial charge in [-0.15, -0.1) is 15.0 Å². The van der Waals surface area contributed by atoms with Crippen LogP contribution in [0.4, 0.5) is 0 Å². The van der Waals surface area contributed by atoms with Crippen molar-refractivity contribution >= 4 is 16.0 Å². The fourth-order valence-corrected chi connectivity index (χ4v) is 5.62. The lowest BCUT2D eigenvalue weighted by Gasteiger charge is -2.31. The molecule has 2 aromatic carbocycles. The molecule has 10 heteroatoms. The number of carbonyl (C=O) groups is 1. The minimum atomic E-state index is -3.91. The summed E-state index contributed by atoms with van der Waals surface area (Å²) in [5, 5.41) is 22.1. The number of unbranched alkanes of at least 4 members (excludes halogenated alkanes) is 1. The summed E-state index contributed by atoms with van der Waals surface area (Å²) in [6.07, 6.45) is 4.99. The SMILES string of the molecule is CCCCc1ccc(-n2nnc(-c3ccc(S(=O)(=O)N4CCCCC4C(=O)O)cc3)n2)cc1. The van der Waals surface area contributed by atoms with E-state index < -0.39 is 22.0 Å². The summed E-state index contributed by atoms with van der Waals surface area (Å²) in [6.45, 7) is 2.37. The van der Waals surface area contributed by atoms with Crippen LogP contribution in [0.25, 0.3) is 17.1 Å². The molecule has 1 saturated heterocycles. The van der Waals surface area contributed by atoms with Gasteiger partial charge in [-0.3, -0.25) is 4.79 Å². The van der Waals surface area contributed by atoms with Crippen molar-refractivity contribution in [2.45, 2.75) is 56.4 Å². The van der Waals surface area contributed by atoms with Crippen molar-refractivity contribution in [3.05, 3.63) is 54.1 Å². The first-order valence-corrected chi connectivity index (χ1v) is 12.6. The standard InChI is InChI=1S/C23H27N5O4S/c1-2-3-6-17-8-12-19(13-9-17)28-25-22(24-26-28)18-10-14-20(15-11-18)33(31,32)27-16-5-4-7-21(27)23(29)30/h8-15,21H,2-7,16H2,1H3,(H,29,30). The zero-order valence-electron chi connectivity index (χ0n) is 18.5. The molecule has 1 unspecified atom stereocenters. The first-order chi connectivity index (χ1) is 15.9. The average Bonchev–Trinajstić information content (AvgIpc) is 3.33. The molecule has 1 aromatic heterocycles. The van der Waals surface area contributed by atoms with E-state index in [1.165, 1.54) is 22.5 Å². The molecule has 0 aliphatic carbocycles. The van der Waals surface area contributed by atoms with Crippen LogP contribution in [0.1, 0.15) is 44.6 Å². The molecule has 0 spiro atoms. The summed E-state index contributed by atoms with van der Waals surface area (Å²) >= 11 is 0. The molecule has 1 fully saturated rings. The predicted molar refractivity (Wildman–Crippen MR) is 122 cm³/mol. The number of piperidine rings is 1. The molecule has 0 amide bonds. The van der Waals surface area contributed by atoms with E-state index in [1.807, 2.05) is 12.1 Å². The van der Waals surface area contributed by atoms with Gasteiger partial charge in [-0.25, -0.2) is 8.42 Å². The van der Waals surface area contributed by atoms with Crippen molar-refractivity contribution in [3.63, 3.8) is 0 Å². The van der Waals surface area contributed by atoms with Gasteiger partial charge in [0.05, 0.1) is 10.6 Å². The van der Waals surface area contributed by atoms with Crippen molar-refractivity contribution in [2.24, 2.45) is 0 Å². The van der Waals surface area contributed by atoms with Gasteiger partial charge in [0.2, 0.25) is 15.8 Å². The minimum Gasteiger partial charge on any atom is -0.480 e. The minimum absolute atomic E-state index is 0.0504. The van der Waals surface area contributed by atoms with Crippen molar-refractivity contribution in [2.75, 3.05) is 6.54 Å². The van der Waals surface area contributed by atoms with Gasteiger partial charge in [0.15, 0.2) is 0 Å². The molecule has 1 aliphatic heterocycles. The summed E-state index contributed by atoms with van der Waals surface area (Å²) in [4.78, 5) is 13.0. The first-order valence-electron chi connectivity index (χ1n) is 11.1. The van der Waals surface area contributed by atoms with Crippen LogP contribution in [0.15, 0.2) is 53.4 Å². The Morgan fingerprint density at radius 1 is 1.09 bits per heavy atom. The number of benzene rings is 2. The normalized spacial score (nSPS) is 17.2. The molecule has 2 heterocycles. The van der Waals surface area contributed by atoms with Gasteiger partial charge in [0, 0.05) is 12.1 Å². The van der Waals surface area contributed by atoms with E-state index in [1.54, 1.807) is 12.1 Å². The van der Waals surface area contributed by atoms with Crippen LogP contribution in [-0.4, -0.2) is 56.6 Å². The third-order valence-electron chi connectivity index (χ3n) is 5.86. The highest BCUT2D eigenvalue weighted by atomic mass is 32.2. The molecule has 0 bridgehead atoms. The Kier molecular flexibility index (Phi) is 6.85. The third-order valence-corrected chi connectivity index (χ3v) is 7.78. The number of aromatic nitrogens is 4. The van der Waals surface area contributed by atoms with Gasteiger partial charge in [0.25, 0.3) is 0 Å². The number of aryl methyl sites for hydroxylation is 1. The van der Waals surface area contributed by atoms with Gasteiger partial charge in [-0.05, 0) is 79.3 Å². The largest absolute Gasteiger partial charge is 0.480 e. The highest BCUT2D eigenvalue weighted by molar-refractivity contribution is 7.89. The fourth-order valence-electron chi connectivity index (χ4n) is 3.97. The number of aliphatic carboxylic acids is 1. The lowest BCUT2D eigenvalue weighted by molar-refractivity contribution is -0.142. The maximum absolute atomic E-state index is 13.0. The lowest BCUT2D eigenvalue weighted by atomic mass is 10.1. The Morgan fingerprint density at radius 3 is 2.48 bits per heavy atom. The van der Waals surface area contributed by atoms with Crippen molar-refractivity contribution in [3.8, 4) is 17.1 Å². The topological polar surface area (TPSA) is 118 Å². The second-order valence-electron chi connectivity index (χ2n) is 8.16. The zero-order valence-corrected chi connectivity index (χ0v) is 19.3. The monoisotopic (exact) mass is 469 g/mol. The molecular formula is C23H27N5O4S. The van der Waals surface area contributed by atoms with E-state index >= 15 is 0 Å². The molecular weight excluding hydrogens is 442 g/mol. The quantitative estimate of drug-likeness (QED) is 0.538. The van der Waals surface area contributed by atoms with Crippen LogP contribution in [0.3, 0.4) is 0 Å². The molecule has 3 aromatic rings. The number of tetrazole rings is 1. The second kappa shape index (κ2) is 9.80. The van der Waals surface area contributed by atoms with Crippen molar-refractivity contribution in [1.29, 1.82) is 0 Å². The Hall–Kier alpha value is -3.11. The number of sulfonamides is 1. The third kappa shape index (κ3) is 4.96. The molecule has 174 valence electrons. The molecule has 9 nitrogen and oxygen atoms in total. The number of carboxylic acid groups (broad SMARTS) is 1. The highest BCUT2D eigenvalue weighted by Crippen LogP contribution is 2.27. The number of nitrogens with zero attached hydrogens (tertiary/aromatic N) is 5. The summed E-state index contributed by atoms with van der Waals surface area (Å²) in [5.41, 5.74) is 2.67. The predicted octanol–water partition coefficient (Wildman–Crippen LogP) is 3.30. The Bertz CT molecular complexity index is 1210. The molecule has 1 N–H and O–H groups in total. The molecule has 0 radical (unpaired) electrons. The van der Waals surface area contributed by atoms with Gasteiger partial charge in [-0.1, -0.05) is 25.5 Å². The molecule has 4 rings (SSSR count). The maximum Gasteiger partial charge on any atom is 0.322 e. The first kappa shape index (κ1) is 23.1. The smallest absolute Gasteiger partial charge is 0.322 e. The van der Waals surface area contributed by atoms with Gasteiger partial charge in [0.1, 0.15) is 6.04 Å². The van der Waals surface area contributed by atoms with Crippen LogP contribution in [0.2, 0.25) is 0 Å². The zero-order chi connectivity index (χ0) is 23.4. The van der Waals surface area contributed by atoms with Crippen LogP contribution < -0.4 is 0 Å². The summed E-state index contributed by atoms with van der Waals surface area (Å²) in [5.74, 6) is -0.746. The van der Waals surface area contributed by atoms with Crippen molar-refractivity contribution in [1.82, 2.24) is 24.5 Å². The Labute approximate surface area is 193 Å². The summed E-state index contributed by atoms with van der Waals surface area (Å²) in [6, 6.07) is 13.1. The average molecular weight is 470 g/mol. The van der Waals surface area contributed by atoms with Gasteiger partial charge < -0.3 is 5.11 Å². The Morgan fingerprint density at radius 2 is 1.82 bits per heavy atom. The lowest BCUT2D eigenvalue weighted by Crippen LogP contribution is -2.47. The highest BCUT2D eigenvalue weighted by Gasteiger charge is 2.37. The number of hydrogen-bond acceptors (Lipinski definition) is 6. The summed E-state index contributed by atoms with van der Waals surface area (Å²) in [7, 11) is -3.91. The van der Waals surface area contributed by atoms with Crippen LogP contribution in [0.5, 0.6) is 0 Å². The van der Waals surface area contributed by atoms with E-state index in [0.29, 0.717) is 30.7 Å². The molecule has 33 heavy (non-hydrogen) atoms. The van der Waals surface area contributed by atoms with E-state index in [0.717, 1.165) is 29.3 Å². The maximum atomic E-state index is 13.0. The van der Waals surface area contributed by atoms with E-state index in [4.69, 9.17) is 0 Å². The van der Waals surface area contributed by atoms with Gasteiger partial charge in [-0.2, -0.15) is 4.31 Å². The van der Waals surface area contributed by atoms with E-state index in [-0.39, 0.29) is 11.4 Å². The molecule has 1 atom stereocenters. The van der Waals surface area contributed by atoms with Crippen molar-refractivity contribution < 1.29 is 18.3 Å². The van der Waals surface area contributed by atoms with Gasteiger partial charge >= 0.3 is 5.97 Å². The number of carboxylic acids is 1. The van der Waals surface area contributed by atoms with E-state index in [2.05, 4.69) is 34.5 Å². The fraction of sp³-hybridized carbons (Fsp3) is 0.391. The van der Waals surface area contributed by atoms with Crippen LogP contribution >= 0.6 is 0 Å². The number of hydrogen-bond donors (Lipinski definition) is 1. The van der Waals surface area contributed by atoms with Crippen LogP contribution in [-0.2, 0) is 21.2 Å². The summed E-state index contributed by atoms with van der Waals surface area (Å²) < 4.78 is 27.2.